The highest BCUT2D eigenvalue weighted by atomic mass is 16.5. The molecule has 0 N–H and O–H groups in total. The number of amidine groups is 1. The molecule has 0 spiro atoms. The van der Waals surface area contributed by atoms with Crippen LogP contribution in [0.2, 0.25) is 0 Å². The Labute approximate surface area is 191 Å². The summed E-state index contributed by atoms with van der Waals surface area (Å²) in [6.45, 7) is 6.94. The number of aryl methyl sites for hydroxylation is 2. The fraction of sp³-hybridized carbons (Fsp3) is 0.240. The molecule has 33 heavy (non-hydrogen) atoms. The molecule has 4 heterocycles. The molecule has 0 unspecified atom stereocenters. The number of anilines is 1. The Kier molecular flexibility index (Phi) is 4.64. The zero-order chi connectivity index (χ0) is 22.4. The number of hydrogen-bond donors (Lipinski definition) is 0. The van der Waals surface area contributed by atoms with E-state index in [0.29, 0.717) is 18.7 Å². The molecule has 8 heteroatoms. The summed E-state index contributed by atoms with van der Waals surface area (Å²) in [5.74, 6) is 1.58. The largest absolute Gasteiger partial charge is 0.488 e. The van der Waals surface area contributed by atoms with Gasteiger partial charge in [0.2, 0.25) is 0 Å². The van der Waals surface area contributed by atoms with E-state index in [4.69, 9.17) is 14.1 Å². The molecule has 2 aliphatic rings. The minimum atomic E-state index is 0.582. The fourth-order valence-corrected chi connectivity index (χ4v) is 4.37. The van der Waals surface area contributed by atoms with Crippen LogP contribution in [-0.2, 0) is 4.74 Å². The summed E-state index contributed by atoms with van der Waals surface area (Å²) in [4.78, 5) is 13.6. The molecule has 1 fully saturated rings. The molecule has 0 radical (unpaired) electrons. The number of imidazole rings is 1. The Balaban J connectivity index is 1.37. The van der Waals surface area contributed by atoms with Gasteiger partial charge in [0.1, 0.15) is 12.1 Å². The lowest BCUT2D eigenvalue weighted by atomic mass is 10.1. The molecule has 2 aromatic carbocycles. The van der Waals surface area contributed by atoms with Gasteiger partial charge in [-0.1, -0.05) is 17.7 Å². The first-order valence-electron chi connectivity index (χ1n) is 11.1. The molecule has 2 aromatic heterocycles. The predicted octanol–water partition coefficient (Wildman–Crippen LogP) is 4.14. The summed E-state index contributed by atoms with van der Waals surface area (Å²) < 4.78 is 13.8. The van der Waals surface area contributed by atoms with Gasteiger partial charge in [0, 0.05) is 11.8 Å². The van der Waals surface area contributed by atoms with Crippen molar-refractivity contribution in [1.82, 2.24) is 19.5 Å². The highest BCUT2D eigenvalue weighted by molar-refractivity contribution is 6.03. The molecular formula is C25H24N6O2. The first-order valence-corrected chi connectivity index (χ1v) is 11.1. The van der Waals surface area contributed by atoms with Gasteiger partial charge in [0.15, 0.2) is 23.6 Å². The number of aliphatic imine (C=N–C) groups is 1. The van der Waals surface area contributed by atoms with Crippen LogP contribution >= 0.6 is 0 Å². The van der Waals surface area contributed by atoms with Gasteiger partial charge in [-0.3, -0.25) is 15.0 Å². The van der Waals surface area contributed by atoms with E-state index in [1.54, 1.807) is 6.33 Å². The molecule has 6 rings (SSSR count). The maximum atomic E-state index is 6.08. The summed E-state index contributed by atoms with van der Waals surface area (Å²) in [5, 5.41) is 4.50. The van der Waals surface area contributed by atoms with E-state index in [0.717, 1.165) is 52.8 Å². The van der Waals surface area contributed by atoms with Gasteiger partial charge in [0.05, 0.1) is 43.0 Å². The Morgan fingerprint density at radius 3 is 2.67 bits per heavy atom. The topological polar surface area (TPSA) is 71.9 Å². The molecule has 8 nitrogen and oxygen atoms in total. The second kappa shape index (κ2) is 7.81. The monoisotopic (exact) mass is 440 g/mol. The van der Waals surface area contributed by atoms with Gasteiger partial charge >= 0.3 is 0 Å². The quantitative estimate of drug-likeness (QED) is 0.477. The van der Waals surface area contributed by atoms with E-state index in [-0.39, 0.29) is 0 Å². The maximum Gasteiger partial charge on any atom is 0.185 e. The van der Waals surface area contributed by atoms with Crippen molar-refractivity contribution in [2.24, 2.45) is 4.99 Å². The van der Waals surface area contributed by atoms with Crippen molar-refractivity contribution in [3.63, 3.8) is 0 Å². The average molecular weight is 441 g/mol. The minimum absolute atomic E-state index is 0.582. The third kappa shape index (κ3) is 3.44. The average Bonchev–Trinajstić information content (AvgIpc) is 3.49. The number of hydrogen-bond acceptors (Lipinski definition) is 7. The number of fused-ring (bicyclic) bond motifs is 2. The predicted molar refractivity (Wildman–Crippen MR) is 127 cm³/mol. The second-order valence-corrected chi connectivity index (χ2v) is 8.27. The summed E-state index contributed by atoms with van der Waals surface area (Å²) in [6.07, 6.45) is 7.24. The van der Waals surface area contributed by atoms with Crippen molar-refractivity contribution in [3.05, 3.63) is 77.9 Å². The molecule has 0 atom stereocenters. The number of oxazole rings is 1. The first-order chi connectivity index (χ1) is 16.2. The van der Waals surface area contributed by atoms with Crippen molar-refractivity contribution < 1.29 is 9.15 Å². The summed E-state index contributed by atoms with van der Waals surface area (Å²) in [6, 6.07) is 12.6. The third-order valence-corrected chi connectivity index (χ3v) is 5.99. The molecule has 2 aliphatic heterocycles. The maximum absolute atomic E-state index is 6.08. The van der Waals surface area contributed by atoms with E-state index in [1.807, 2.05) is 35.9 Å². The van der Waals surface area contributed by atoms with E-state index in [2.05, 4.69) is 51.2 Å². The molecule has 166 valence electrons. The summed E-state index contributed by atoms with van der Waals surface area (Å²) in [7, 11) is 0. The Morgan fingerprint density at radius 1 is 0.970 bits per heavy atom. The van der Waals surface area contributed by atoms with Crippen molar-refractivity contribution in [2.75, 3.05) is 31.3 Å². The van der Waals surface area contributed by atoms with Crippen LogP contribution in [0, 0.1) is 13.8 Å². The Hall–Kier alpha value is -4.07. The number of hydrazine groups is 1. The lowest BCUT2D eigenvalue weighted by Gasteiger charge is -2.43. The molecule has 1 saturated heterocycles. The van der Waals surface area contributed by atoms with Crippen LogP contribution in [0.25, 0.3) is 22.9 Å². The van der Waals surface area contributed by atoms with Gasteiger partial charge < -0.3 is 13.7 Å². The molecule has 0 bridgehead atoms. The zero-order valence-electron chi connectivity index (χ0n) is 18.6. The van der Waals surface area contributed by atoms with Crippen LogP contribution < -0.4 is 5.01 Å². The van der Waals surface area contributed by atoms with Gasteiger partial charge in [-0.2, -0.15) is 0 Å². The smallest absolute Gasteiger partial charge is 0.185 e. The molecule has 4 aromatic rings. The molecule has 0 saturated carbocycles. The van der Waals surface area contributed by atoms with Crippen molar-refractivity contribution >= 4 is 28.7 Å². The Bertz CT molecular complexity index is 1380. The van der Waals surface area contributed by atoms with E-state index < -0.39 is 0 Å². The van der Waals surface area contributed by atoms with Crippen LogP contribution in [0.3, 0.4) is 0 Å². The van der Waals surface area contributed by atoms with Gasteiger partial charge in [-0.15, -0.1) is 0 Å². The lowest BCUT2D eigenvalue weighted by molar-refractivity contribution is 0.160. The van der Waals surface area contributed by atoms with Gasteiger partial charge in [-0.05, 0) is 44.2 Å². The minimum Gasteiger partial charge on any atom is -0.488 e. The SMILES string of the molecule is Cc1ccc(N2CCN=C3C(=Cc4ccc(-n5cnc(C)c5)c5ncoc45)OCCN32)cc1. The molecule has 0 aliphatic carbocycles. The molecule has 0 amide bonds. The number of morpholine rings is 1. The van der Waals surface area contributed by atoms with Crippen LogP contribution in [0.4, 0.5) is 5.69 Å². The van der Waals surface area contributed by atoms with E-state index >= 15 is 0 Å². The van der Waals surface area contributed by atoms with Crippen LogP contribution in [0.5, 0.6) is 0 Å². The number of nitrogens with zero attached hydrogens (tertiary/aromatic N) is 6. The lowest BCUT2D eigenvalue weighted by Crippen LogP contribution is -2.55. The van der Waals surface area contributed by atoms with Gasteiger partial charge in [0.25, 0.3) is 0 Å². The number of benzene rings is 2. The standard InChI is InChI=1S/C25H24N6O2/c1-17-3-6-20(7-4-17)30-10-9-26-25-22(32-12-11-31(25)30)13-19-5-8-21(23-24(19)33-16-28-23)29-14-18(2)27-15-29/h3-8,13-16H,9-12H2,1-2H3. The Morgan fingerprint density at radius 2 is 1.85 bits per heavy atom. The summed E-state index contributed by atoms with van der Waals surface area (Å²) in [5.41, 5.74) is 6.66. The third-order valence-electron chi connectivity index (χ3n) is 5.99. The van der Waals surface area contributed by atoms with Gasteiger partial charge in [-0.25, -0.2) is 9.97 Å². The van der Waals surface area contributed by atoms with E-state index in [1.165, 1.54) is 12.0 Å². The van der Waals surface area contributed by atoms with Crippen LogP contribution in [-0.4, -0.2) is 51.6 Å². The van der Waals surface area contributed by atoms with Crippen LogP contribution in [0.15, 0.2) is 70.5 Å². The van der Waals surface area contributed by atoms with E-state index in [9.17, 15) is 0 Å². The van der Waals surface area contributed by atoms with Crippen molar-refractivity contribution in [3.8, 4) is 5.69 Å². The second-order valence-electron chi connectivity index (χ2n) is 8.27. The highest BCUT2D eigenvalue weighted by Gasteiger charge is 2.31. The number of ether oxygens (including phenoxy) is 1. The number of aromatic nitrogens is 3. The molecular weight excluding hydrogens is 416 g/mol. The highest BCUT2D eigenvalue weighted by Crippen LogP contribution is 2.29. The fourth-order valence-electron chi connectivity index (χ4n) is 4.37. The van der Waals surface area contributed by atoms with Crippen LogP contribution in [0.1, 0.15) is 16.8 Å². The number of rotatable bonds is 3. The first kappa shape index (κ1) is 19.6. The van der Waals surface area contributed by atoms with Crippen molar-refractivity contribution in [2.45, 2.75) is 13.8 Å². The summed E-state index contributed by atoms with van der Waals surface area (Å²) >= 11 is 0. The normalized spacial score (nSPS) is 17.3. The zero-order valence-corrected chi connectivity index (χ0v) is 18.6. The van der Waals surface area contributed by atoms with Crippen molar-refractivity contribution in [1.29, 1.82) is 0 Å².